The van der Waals surface area contributed by atoms with Gasteiger partial charge >= 0.3 is 18.1 Å². The molecule has 1 saturated carbocycles. The molecule has 3 aromatic carbocycles. The Balaban J connectivity index is 0.00000108. The van der Waals surface area contributed by atoms with E-state index in [2.05, 4.69) is 4.99 Å². The number of nitrogens with two attached hydrogens (primary N) is 2. The van der Waals surface area contributed by atoms with Crippen LogP contribution in [0.25, 0.3) is 11.1 Å². The number of guanidine groups is 1. The Kier molecular flexibility index (Phi) is 11.3. The minimum Gasteiger partial charge on any atom is -0.457 e. The van der Waals surface area contributed by atoms with E-state index in [1.807, 2.05) is 55.5 Å². The molecule has 0 amide bonds. The SMILES string of the molecule is Cc1ccc(COC(=O)c2ccc(-c3ccc(OC(=O)C4CCC(CN=C(N)N)CC4)cc3)cc2)cc1.O=C(O)O. The quantitative estimate of drug-likeness (QED) is 0.124. The molecule has 0 heterocycles. The Morgan fingerprint density at radius 1 is 0.829 bits per heavy atom. The van der Waals surface area contributed by atoms with E-state index in [0.29, 0.717) is 23.8 Å². The first kappa shape index (κ1) is 30.7. The Hall–Kier alpha value is -4.86. The number of aryl methyl sites for hydroxylation is 1. The molecule has 3 aromatic rings. The molecule has 0 radical (unpaired) electrons. The normalized spacial score (nSPS) is 15.9. The second-order valence-corrected chi connectivity index (χ2v) is 9.85. The fourth-order valence-electron chi connectivity index (χ4n) is 4.45. The summed E-state index contributed by atoms with van der Waals surface area (Å²) in [5.74, 6) is 0.381. The zero-order valence-electron chi connectivity index (χ0n) is 22.9. The first-order valence-corrected chi connectivity index (χ1v) is 13.2. The fourth-order valence-corrected chi connectivity index (χ4v) is 4.45. The van der Waals surface area contributed by atoms with E-state index in [9.17, 15) is 9.59 Å². The molecular weight excluding hydrogens is 526 g/mol. The van der Waals surface area contributed by atoms with E-state index in [1.54, 1.807) is 24.3 Å². The lowest BCUT2D eigenvalue weighted by molar-refractivity contribution is -0.140. The van der Waals surface area contributed by atoms with Crippen LogP contribution in [0.15, 0.2) is 77.8 Å². The van der Waals surface area contributed by atoms with Gasteiger partial charge in [0.1, 0.15) is 12.4 Å². The molecular formula is C31H35N3O7. The molecule has 4 rings (SSSR count). The highest BCUT2D eigenvalue weighted by Crippen LogP contribution is 2.31. The highest BCUT2D eigenvalue weighted by molar-refractivity contribution is 5.90. The Labute approximate surface area is 238 Å². The average Bonchev–Trinajstić information content (AvgIpc) is 2.96. The number of hydrogen-bond donors (Lipinski definition) is 4. The van der Waals surface area contributed by atoms with Gasteiger partial charge in [-0.15, -0.1) is 0 Å². The van der Waals surface area contributed by atoms with Gasteiger partial charge in [0, 0.05) is 6.54 Å². The van der Waals surface area contributed by atoms with Gasteiger partial charge in [-0.05, 0) is 79.5 Å². The summed E-state index contributed by atoms with van der Waals surface area (Å²) in [5.41, 5.74) is 15.3. The van der Waals surface area contributed by atoms with Crippen molar-refractivity contribution in [1.29, 1.82) is 0 Å². The maximum absolute atomic E-state index is 12.6. The van der Waals surface area contributed by atoms with Crippen LogP contribution >= 0.6 is 0 Å². The predicted octanol–water partition coefficient (Wildman–Crippen LogP) is 5.23. The molecule has 10 heteroatoms. The highest BCUT2D eigenvalue weighted by Gasteiger charge is 2.27. The fraction of sp³-hybridized carbons (Fsp3) is 0.290. The second-order valence-electron chi connectivity index (χ2n) is 9.85. The van der Waals surface area contributed by atoms with Crippen LogP contribution in [0.2, 0.25) is 0 Å². The summed E-state index contributed by atoms with van der Waals surface area (Å²) in [5, 5.41) is 13.9. The number of carbonyl (C=O) groups is 3. The lowest BCUT2D eigenvalue weighted by Crippen LogP contribution is -2.28. The van der Waals surface area contributed by atoms with Crippen molar-refractivity contribution >= 4 is 24.1 Å². The van der Waals surface area contributed by atoms with Crippen molar-refractivity contribution in [2.45, 2.75) is 39.2 Å². The standard InChI is InChI=1S/C30H33N3O4.CH2O3/c1-20-2-4-22(5-3-20)19-36-28(34)25-12-10-23(11-13-25)24-14-16-27(17-15-24)37-29(35)26-8-6-21(7-9-26)18-33-30(31)32;2-1(3)4/h2-5,10-17,21,26H,6-9,18-19H2,1H3,(H4,31,32,33);(H2,2,3,4). The molecule has 0 atom stereocenters. The molecule has 0 aromatic heterocycles. The third-order valence-electron chi connectivity index (χ3n) is 6.73. The predicted molar refractivity (Wildman–Crippen MR) is 155 cm³/mol. The summed E-state index contributed by atoms with van der Waals surface area (Å²) >= 11 is 0. The van der Waals surface area contributed by atoms with Gasteiger partial charge in [0.05, 0.1) is 11.5 Å². The molecule has 0 bridgehead atoms. The Bertz CT molecular complexity index is 1320. The lowest BCUT2D eigenvalue weighted by atomic mass is 9.82. The number of carboxylic acid groups (broad SMARTS) is 2. The molecule has 0 aliphatic heterocycles. The van der Waals surface area contributed by atoms with E-state index < -0.39 is 6.16 Å². The molecule has 1 aliphatic carbocycles. The largest absolute Gasteiger partial charge is 0.503 e. The van der Waals surface area contributed by atoms with Crippen LogP contribution in [0.3, 0.4) is 0 Å². The summed E-state index contributed by atoms with van der Waals surface area (Å²) in [6.07, 6.45) is 1.54. The van der Waals surface area contributed by atoms with Crippen LogP contribution in [0.5, 0.6) is 5.75 Å². The van der Waals surface area contributed by atoms with Crippen molar-refractivity contribution in [2.75, 3.05) is 6.54 Å². The van der Waals surface area contributed by atoms with Crippen molar-refractivity contribution < 1.29 is 34.1 Å². The molecule has 6 N–H and O–H groups in total. The number of nitrogens with zero attached hydrogens (tertiary/aromatic N) is 1. The Morgan fingerprint density at radius 3 is 1.90 bits per heavy atom. The zero-order chi connectivity index (χ0) is 29.8. The summed E-state index contributed by atoms with van der Waals surface area (Å²) in [6.45, 7) is 2.87. The van der Waals surface area contributed by atoms with Crippen molar-refractivity contribution in [3.05, 3.63) is 89.5 Å². The van der Waals surface area contributed by atoms with E-state index in [1.165, 1.54) is 0 Å². The number of carbonyl (C=O) groups excluding carboxylic acids is 2. The van der Waals surface area contributed by atoms with Crippen LogP contribution < -0.4 is 16.2 Å². The number of aliphatic imine (C=N–C) groups is 1. The molecule has 0 unspecified atom stereocenters. The maximum atomic E-state index is 12.6. The summed E-state index contributed by atoms with van der Waals surface area (Å²) in [7, 11) is 0. The minimum absolute atomic E-state index is 0.103. The third kappa shape index (κ3) is 10.3. The van der Waals surface area contributed by atoms with Crippen molar-refractivity contribution in [2.24, 2.45) is 28.3 Å². The van der Waals surface area contributed by atoms with E-state index in [4.69, 9.17) is 35.9 Å². The van der Waals surface area contributed by atoms with Gasteiger partial charge in [-0.3, -0.25) is 9.79 Å². The van der Waals surface area contributed by atoms with Crippen LogP contribution in [-0.2, 0) is 16.1 Å². The van der Waals surface area contributed by atoms with Gasteiger partial charge in [0.15, 0.2) is 5.96 Å². The second kappa shape index (κ2) is 15.1. The molecule has 1 aliphatic rings. The van der Waals surface area contributed by atoms with E-state index in [0.717, 1.165) is 47.9 Å². The molecule has 10 nitrogen and oxygen atoms in total. The van der Waals surface area contributed by atoms with E-state index in [-0.39, 0.29) is 30.4 Å². The number of esters is 2. The van der Waals surface area contributed by atoms with Gasteiger partial charge in [-0.1, -0.05) is 54.1 Å². The summed E-state index contributed by atoms with van der Waals surface area (Å²) in [6, 6.07) is 22.5. The van der Waals surface area contributed by atoms with Crippen LogP contribution in [0, 0.1) is 18.8 Å². The van der Waals surface area contributed by atoms with Gasteiger partial charge < -0.3 is 31.2 Å². The van der Waals surface area contributed by atoms with Gasteiger partial charge in [0.2, 0.25) is 0 Å². The van der Waals surface area contributed by atoms with Crippen molar-refractivity contribution in [3.8, 4) is 16.9 Å². The highest BCUT2D eigenvalue weighted by atomic mass is 16.6. The van der Waals surface area contributed by atoms with E-state index >= 15 is 0 Å². The number of benzene rings is 3. The smallest absolute Gasteiger partial charge is 0.457 e. The maximum Gasteiger partial charge on any atom is 0.503 e. The minimum atomic E-state index is -1.83. The number of hydrogen-bond acceptors (Lipinski definition) is 6. The van der Waals surface area contributed by atoms with Crippen molar-refractivity contribution in [3.63, 3.8) is 0 Å². The first-order valence-electron chi connectivity index (χ1n) is 13.2. The molecule has 0 spiro atoms. The van der Waals surface area contributed by atoms with Gasteiger partial charge in [-0.2, -0.15) is 0 Å². The lowest BCUT2D eigenvalue weighted by Gasteiger charge is -2.26. The van der Waals surface area contributed by atoms with Crippen LogP contribution in [0.4, 0.5) is 4.79 Å². The molecule has 0 saturated heterocycles. The zero-order valence-corrected chi connectivity index (χ0v) is 22.9. The van der Waals surface area contributed by atoms with Crippen molar-refractivity contribution in [1.82, 2.24) is 0 Å². The monoisotopic (exact) mass is 561 g/mol. The first-order chi connectivity index (χ1) is 19.6. The molecule has 41 heavy (non-hydrogen) atoms. The van der Waals surface area contributed by atoms with Crippen LogP contribution in [0.1, 0.15) is 47.2 Å². The number of rotatable bonds is 8. The summed E-state index contributed by atoms with van der Waals surface area (Å²) < 4.78 is 11.1. The van der Waals surface area contributed by atoms with Gasteiger partial charge in [0.25, 0.3) is 0 Å². The molecule has 1 fully saturated rings. The third-order valence-corrected chi connectivity index (χ3v) is 6.73. The average molecular weight is 562 g/mol. The molecule has 216 valence electrons. The van der Waals surface area contributed by atoms with Gasteiger partial charge in [-0.25, -0.2) is 9.59 Å². The summed E-state index contributed by atoms with van der Waals surface area (Å²) in [4.78, 5) is 37.7. The van der Waals surface area contributed by atoms with Crippen LogP contribution in [-0.4, -0.2) is 40.8 Å². The topological polar surface area (TPSA) is 175 Å². The Morgan fingerprint density at radius 2 is 1.37 bits per heavy atom. The number of ether oxygens (including phenoxy) is 2.